The van der Waals surface area contributed by atoms with E-state index in [9.17, 15) is 14.4 Å². The minimum Gasteiger partial charge on any atom is -0.459 e. The molecule has 0 aromatic heterocycles. The van der Waals surface area contributed by atoms with Crippen molar-refractivity contribution in [2.24, 2.45) is 0 Å². The van der Waals surface area contributed by atoms with Crippen LogP contribution in [0.4, 0.5) is 4.79 Å². The summed E-state index contributed by atoms with van der Waals surface area (Å²) in [6.45, 7) is 5.23. The molecule has 1 fully saturated rings. The van der Waals surface area contributed by atoms with Crippen LogP contribution in [-0.4, -0.2) is 40.8 Å². The van der Waals surface area contributed by atoms with Gasteiger partial charge in [-0.2, -0.15) is 5.06 Å². The molecule has 33 heavy (non-hydrogen) atoms. The average Bonchev–Trinajstić information content (AvgIpc) is 2.81. The van der Waals surface area contributed by atoms with E-state index >= 15 is 0 Å². The van der Waals surface area contributed by atoms with Crippen molar-refractivity contribution in [3.8, 4) is 0 Å². The lowest BCUT2D eigenvalue weighted by molar-refractivity contribution is -0.239. The number of carbonyl (C=O) groups excluding carboxylic acids is 3. The number of nitrogens with zero attached hydrogens (tertiary/aromatic N) is 1. The first kappa shape index (κ1) is 24.3. The van der Waals surface area contributed by atoms with Crippen LogP contribution in [0.5, 0.6) is 0 Å². The predicted molar refractivity (Wildman–Crippen MR) is 118 cm³/mol. The molecule has 2 atom stereocenters. The average molecular weight is 456 g/mol. The highest BCUT2D eigenvalue weighted by atomic mass is 16.8. The molecule has 1 saturated heterocycles. The summed E-state index contributed by atoms with van der Waals surface area (Å²) in [5, 5.41) is 0.802. The van der Waals surface area contributed by atoms with Crippen molar-refractivity contribution in [2.45, 2.75) is 64.6 Å². The van der Waals surface area contributed by atoms with Gasteiger partial charge in [0, 0.05) is 0 Å². The summed E-state index contributed by atoms with van der Waals surface area (Å²) in [6, 6.07) is 17.4. The van der Waals surface area contributed by atoms with Crippen LogP contribution < -0.4 is 0 Å². The van der Waals surface area contributed by atoms with E-state index in [4.69, 9.17) is 19.0 Å². The Bertz CT molecular complexity index is 940. The molecule has 0 N–H and O–H groups in total. The van der Waals surface area contributed by atoms with Gasteiger partial charge in [-0.3, -0.25) is 4.84 Å². The van der Waals surface area contributed by atoms with Crippen LogP contribution in [0.3, 0.4) is 0 Å². The second kappa shape index (κ2) is 11.0. The maximum atomic E-state index is 12.8. The molecular formula is C25H29NO7. The zero-order chi connectivity index (χ0) is 23.8. The van der Waals surface area contributed by atoms with Crippen LogP contribution >= 0.6 is 0 Å². The number of benzene rings is 2. The Balaban J connectivity index is 1.65. The minimum atomic E-state index is -1.04. The summed E-state index contributed by atoms with van der Waals surface area (Å²) < 4.78 is 16.1. The third-order valence-electron chi connectivity index (χ3n) is 4.78. The van der Waals surface area contributed by atoms with Crippen molar-refractivity contribution in [2.75, 3.05) is 0 Å². The van der Waals surface area contributed by atoms with Gasteiger partial charge >= 0.3 is 18.0 Å². The van der Waals surface area contributed by atoms with Gasteiger partial charge in [-0.15, -0.1) is 0 Å². The van der Waals surface area contributed by atoms with Crippen LogP contribution in [-0.2, 0) is 41.9 Å². The molecule has 0 radical (unpaired) electrons. The van der Waals surface area contributed by atoms with E-state index < -0.39 is 35.8 Å². The highest BCUT2D eigenvalue weighted by molar-refractivity contribution is 5.82. The van der Waals surface area contributed by atoms with Gasteiger partial charge in [0.1, 0.15) is 18.8 Å². The van der Waals surface area contributed by atoms with E-state index in [0.29, 0.717) is 0 Å². The molecule has 0 bridgehead atoms. The number of hydrogen-bond donors (Lipinski definition) is 0. The topological polar surface area (TPSA) is 91.4 Å². The van der Waals surface area contributed by atoms with Gasteiger partial charge < -0.3 is 14.2 Å². The lowest BCUT2D eigenvalue weighted by atomic mass is 10.1. The molecule has 3 rings (SSSR count). The normalized spacial score (nSPS) is 18.3. The zero-order valence-electron chi connectivity index (χ0n) is 19.1. The molecule has 0 unspecified atom stereocenters. The van der Waals surface area contributed by atoms with Crippen molar-refractivity contribution in [3.63, 3.8) is 0 Å². The molecule has 1 amide bonds. The van der Waals surface area contributed by atoms with Gasteiger partial charge in [0.15, 0.2) is 12.1 Å². The Labute approximate surface area is 193 Å². The van der Waals surface area contributed by atoms with Crippen molar-refractivity contribution in [1.82, 2.24) is 5.06 Å². The highest BCUT2D eigenvalue weighted by Crippen LogP contribution is 2.25. The summed E-state index contributed by atoms with van der Waals surface area (Å²) in [4.78, 5) is 43.7. The number of rotatable bonds is 6. The fourth-order valence-electron chi connectivity index (χ4n) is 3.19. The molecule has 0 aliphatic carbocycles. The highest BCUT2D eigenvalue weighted by Gasteiger charge is 2.43. The monoisotopic (exact) mass is 455 g/mol. The summed E-state index contributed by atoms with van der Waals surface area (Å²) >= 11 is 0. The lowest BCUT2D eigenvalue weighted by Gasteiger charge is -2.36. The molecule has 1 aliphatic rings. The zero-order valence-corrected chi connectivity index (χ0v) is 19.1. The van der Waals surface area contributed by atoms with Crippen LogP contribution in [0, 0.1) is 0 Å². The van der Waals surface area contributed by atoms with Crippen molar-refractivity contribution in [3.05, 3.63) is 71.8 Å². The third kappa shape index (κ3) is 7.32. The fourth-order valence-corrected chi connectivity index (χ4v) is 3.19. The van der Waals surface area contributed by atoms with E-state index in [2.05, 4.69) is 0 Å². The van der Waals surface area contributed by atoms with Gasteiger partial charge in [-0.1, -0.05) is 60.7 Å². The Morgan fingerprint density at radius 3 is 1.88 bits per heavy atom. The molecule has 176 valence electrons. The smallest absolute Gasteiger partial charge is 0.435 e. The standard InChI is InChI=1S/C25H29NO7/c1-25(2,3)32-24(29)26-20(22(27)30-16-18-10-6-4-7-11-18)14-15-21(33-26)23(28)31-17-19-12-8-5-9-13-19/h4-13,20-21H,14-17H2,1-3H3/t20-,21-/m1/s1. The van der Waals surface area contributed by atoms with Crippen LogP contribution in [0.25, 0.3) is 0 Å². The lowest BCUT2D eigenvalue weighted by Crippen LogP contribution is -2.54. The Kier molecular flexibility index (Phi) is 8.06. The summed E-state index contributed by atoms with van der Waals surface area (Å²) in [6.07, 6.45) is -1.56. The maximum absolute atomic E-state index is 12.8. The SMILES string of the molecule is CC(C)(C)OC(=O)N1O[C@@H](C(=O)OCc2ccccc2)CC[C@@H]1C(=O)OCc1ccccc1. The number of amides is 1. The number of hydrogen-bond acceptors (Lipinski definition) is 7. The van der Waals surface area contributed by atoms with Crippen molar-refractivity contribution < 1.29 is 33.4 Å². The fraction of sp³-hybridized carbons (Fsp3) is 0.400. The number of ether oxygens (including phenoxy) is 3. The summed E-state index contributed by atoms with van der Waals surface area (Å²) in [5.74, 6) is -1.26. The Morgan fingerprint density at radius 2 is 1.36 bits per heavy atom. The van der Waals surface area contributed by atoms with Crippen LogP contribution in [0.1, 0.15) is 44.7 Å². The first-order valence-corrected chi connectivity index (χ1v) is 10.8. The largest absolute Gasteiger partial charge is 0.459 e. The second-order valence-corrected chi connectivity index (χ2v) is 8.68. The van der Waals surface area contributed by atoms with E-state index in [0.717, 1.165) is 16.2 Å². The van der Waals surface area contributed by atoms with E-state index in [1.165, 1.54) is 0 Å². The molecule has 2 aromatic carbocycles. The second-order valence-electron chi connectivity index (χ2n) is 8.68. The molecule has 1 aliphatic heterocycles. The molecule has 0 spiro atoms. The van der Waals surface area contributed by atoms with Crippen molar-refractivity contribution in [1.29, 1.82) is 0 Å². The van der Waals surface area contributed by atoms with Crippen molar-refractivity contribution >= 4 is 18.0 Å². The number of hydroxylamine groups is 2. The molecule has 1 heterocycles. The molecule has 8 heteroatoms. The van der Waals surface area contributed by atoms with Gasteiger partial charge in [-0.05, 0) is 44.7 Å². The molecule has 0 saturated carbocycles. The van der Waals surface area contributed by atoms with Gasteiger partial charge in [0.25, 0.3) is 0 Å². The summed E-state index contributed by atoms with van der Waals surface area (Å²) in [5.41, 5.74) is 0.821. The van der Waals surface area contributed by atoms with Crippen LogP contribution in [0.15, 0.2) is 60.7 Å². The Morgan fingerprint density at radius 1 is 0.848 bits per heavy atom. The summed E-state index contributed by atoms with van der Waals surface area (Å²) in [7, 11) is 0. The Hall–Kier alpha value is -3.39. The minimum absolute atomic E-state index is 0.0564. The third-order valence-corrected chi connectivity index (χ3v) is 4.78. The van der Waals surface area contributed by atoms with E-state index in [1.807, 2.05) is 60.7 Å². The predicted octanol–water partition coefficient (Wildman–Crippen LogP) is 4.17. The van der Waals surface area contributed by atoms with Gasteiger partial charge in [-0.25, -0.2) is 14.4 Å². The quantitative estimate of drug-likeness (QED) is 0.477. The van der Waals surface area contributed by atoms with E-state index in [1.54, 1.807) is 20.8 Å². The first-order chi connectivity index (χ1) is 15.7. The van der Waals surface area contributed by atoms with E-state index in [-0.39, 0.29) is 26.1 Å². The number of esters is 2. The molecular weight excluding hydrogens is 426 g/mol. The number of carbonyl (C=O) groups is 3. The van der Waals surface area contributed by atoms with Gasteiger partial charge in [0.2, 0.25) is 0 Å². The van der Waals surface area contributed by atoms with Crippen LogP contribution in [0.2, 0.25) is 0 Å². The maximum Gasteiger partial charge on any atom is 0.435 e. The first-order valence-electron chi connectivity index (χ1n) is 10.8. The van der Waals surface area contributed by atoms with Gasteiger partial charge in [0.05, 0.1) is 0 Å². The molecule has 2 aromatic rings. The molecule has 8 nitrogen and oxygen atoms in total.